The average Bonchev–Trinajstić information content (AvgIpc) is 2.83. The van der Waals surface area contributed by atoms with Gasteiger partial charge in [-0.1, -0.05) is 65.7 Å². The summed E-state index contributed by atoms with van der Waals surface area (Å²) in [6.45, 7) is 3.82. The SMILES string of the molecule is Cc1ccc(C)c(NC(=O)COc2c(Cl)cc(/C=C(\C#N)C(=O)NCc3ccccc3)cc2Cl)c1. The summed E-state index contributed by atoms with van der Waals surface area (Å²) in [6, 6.07) is 20.0. The van der Waals surface area contributed by atoms with Gasteiger partial charge in [0, 0.05) is 12.2 Å². The third kappa shape index (κ3) is 7.35. The van der Waals surface area contributed by atoms with Crippen LogP contribution in [0.3, 0.4) is 0 Å². The zero-order valence-corrected chi connectivity index (χ0v) is 20.7. The molecule has 2 amide bonds. The molecule has 0 spiro atoms. The van der Waals surface area contributed by atoms with Crippen LogP contribution >= 0.6 is 23.2 Å². The molecule has 0 heterocycles. The fourth-order valence-electron chi connectivity index (χ4n) is 3.18. The fraction of sp³-hybridized carbons (Fsp3) is 0.148. The Kier molecular flexibility index (Phi) is 8.91. The summed E-state index contributed by atoms with van der Waals surface area (Å²) >= 11 is 12.6. The molecule has 0 aliphatic rings. The molecule has 6 nitrogen and oxygen atoms in total. The van der Waals surface area contributed by atoms with E-state index in [4.69, 9.17) is 27.9 Å². The molecule has 3 aromatic carbocycles. The topological polar surface area (TPSA) is 91.2 Å². The van der Waals surface area contributed by atoms with Crippen molar-refractivity contribution in [2.75, 3.05) is 11.9 Å². The molecule has 0 unspecified atom stereocenters. The number of carbonyl (C=O) groups is 2. The van der Waals surface area contributed by atoms with Gasteiger partial charge in [0.2, 0.25) is 0 Å². The number of nitriles is 1. The third-order valence-corrected chi connectivity index (χ3v) is 5.57. The Hall–Kier alpha value is -3.79. The van der Waals surface area contributed by atoms with Crippen LogP contribution < -0.4 is 15.4 Å². The van der Waals surface area contributed by atoms with Crippen LogP contribution in [0.15, 0.2) is 66.2 Å². The largest absolute Gasteiger partial charge is 0.481 e. The maximum absolute atomic E-state index is 12.4. The molecule has 35 heavy (non-hydrogen) atoms. The second-order valence-electron chi connectivity index (χ2n) is 7.81. The Bertz CT molecular complexity index is 1290. The Morgan fingerprint density at radius 3 is 2.37 bits per heavy atom. The van der Waals surface area contributed by atoms with Crippen molar-refractivity contribution in [2.24, 2.45) is 0 Å². The van der Waals surface area contributed by atoms with E-state index < -0.39 is 5.91 Å². The molecule has 0 atom stereocenters. The summed E-state index contributed by atoms with van der Waals surface area (Å²) in [6.07, 6.45) is 1.38. The van der Waals surface area contributed by atoms with Gasteiger partial charge >= 0.3 is 0 Å². The van der Waals surface area contributed by atoms with Gasteiger partial charge in [-0.3, -0.25) is 9.59 Å². The lowest BCUT2D eigenvalue weighted by molar-refractivity contribution is -0.118. The van der Waals surface area contributed by atoms with Gasteiger partial charge in [-0.15, -0.1) is 0 Å². The third-order valence-electron chi connectivity index (χ3n) is 5.01. The molecule has 8 heteroatoms. The van der Waals surface area contributed by atoms with Crippen molar-refractivity contribution in [3.05, 3.63) is 98.5 Å². The van der Waals surface area contributed by atoms with Crippen LogP contribution in [0.25, 0.3) is 6.08 Å². The van der Waals surface area contributed by atoms with Crippen molar-refractivity contribution in [1.82, 2.24) is 5.32 Å². The number of rotatable bonds is 8. The van der Waals surface area contributed by atoms with Gasteiger partial charge < -0.3 is 15.4 Å². The number of nitrogens with one attached hydrogen (secondary N) is 2. The second kappa shape index (κ2) is 12.1. The number of aryl methyl sites for hydroxylation is 2. The van der Waals surface area contributed by atoms with E-state index in [9.17, 15) is 14.9 Å². The summed E-state index contributed by atoms with van der Waals surface area (Å²) in [5, 5.41) is 15.2. The van der Waals surface area contributed by atoms with Crippen LogP contribution in [0.4, 0.5) is 5.69 Å². The molecule has 3 rings (SSSR count). The van der Waals surface area contributed by atoms with E-state index in [1.165, 1.54) is 18.2 Å². The molecule has 0 radical (unpaired) electrons. The standard InChI is InChI=1S/C27H23Cl2N3O3/c1-17-8-9-18(2)24(10-17)32-25(33)16-35-26-22(28)12-20(13-23(26)29)11-21(14-30)27(34)31-15-19-6-4-3-5-7-19/h3-13H,15-16H2,1-2H3,(H,31,34)(H,32,33)/b21-11+. The molecule has 0 aliphatic heterocycles. The Morgan fingerprint density at radius 1 is 1.03 bits per heavy atom. The molecular formula is C27H23Cl2N3O3. The van der Waals surface area contributed by atoms with Crippen molar-refractivity contribution < 1.29 is 14.3 Å². The highest BCUT2D eigenvalue weighted by Gasteiger charge is 2.14. The van der Waals surface area contributed by atoms with Crippen molar-refractivity contribution in [3.63, 3.8) is 0 Å². The van der Waals surface area contributed by atoms with Gasteiger partial charge in [0.1, 0.15) is 11.6 Å². The molecule has 0 fully saturated rings. The Labute approximate surface area is 214 Å². The predicted molar refractivity (Wildman–Crippen MR) is 138 cm³/mol. The number of carbonyl (C=O) groups excluding carboxylic acids is 2. The minimum atomic E-state index is -0.521. The van der Waals surface area contributed by atoms with Gasteiger partial charge in [-0.2, -0.15) is 5.26 Å². The molecular weight excluding hydrogens is 485 g/mol. The molecule has 0 aliphatic carbocycles. The predicted octanol–water partition coefficient (Wildman–Crippen LogP) is 5.85. The van der Waals surface area contributed by atoms with Crippen molar-refractivity contribution in [3.8, 4) is 11.8 Å². The van der Waals surface area contributed by atoms with E-state index in [0.717, 1.165) is 16.7 Å². The van der Waals surface area contributed by atoms with E-state index >= 15 is 0 Å². The summed E-state index contributed by atoms with van der Waals surface area (Å²) < 4.78 is 5.55. The fourth-order valence-corrected chi connectivity index (χ4v) is 3.80. The van der Waals surface area contributed by atoms with Crippen molar-refractivity contribution in [1.29, 1.82) is 5.26 Å². The zero-order valence-electron chi connectivity index (χ0n) is 19.2. The molecule has 0 saturated carbocycles. The smallest absolute Gasteiger partial charge is 0.262 e. The monoisotopic (exact) mass is 507 g/mol. The quantitative estimate of drug-likeness (QED) is 0.295. The second-order valence-corrected chi connectivity index (χ2v) is 8.62. The van der Waals surface area contributed by atoms with Gasteiger partial charge in [0.15, 0.2) is 12.4 Å². The Balaban J connectivity index is 1.66. The van der Waals surface area contributed by atoms with E-state index in [2.05, 4.69) is 10.6 Å². The highest BCUT2D eigenvalue weighted by atomic mass is 35.5. The lowest BCUT2D eigenvalue weighted by Gasteiger charge is -2.13. The van der Waals surface area contributed by atoms with E-state index in [0.29, 0.717) is 11.3 Å². The molecule has 0 aromatic heterocycles. The van der Waals surface area contributed by atoms with Crippen molar-refractivity contribution in [2.45, 2.75) is 20.4 Å². The van der Waals surface area contributed by atoms with Gasteiger partial charge in [0.05, 0.1) is 10.0 Å². The summed E-state index contributed by atoms with van der Waals surface area (Å²) in [5.41, 5.74) is 3.90. The number of hydrogen-bond acceptors (Lipinski definition) is 4. The van der Waals surface area contributed by atoms with Gasteiger partial charge in [0.25, 0.3) is 11.8 Å². The number of benzene rings is 3. The number of amides is 2. The Morgan fingerprint density at radius 2 is 1.71 bits per heavy atom. The highest BCUT2D eigenvalue weighted by molar-refractivity contribution is 6.37. The van der Waals surface area contributed by atoms with E-state index in [1.54, 1.807) is 0 Å². The first-order valence-electron chi connectivity index (χ1n) is 10.7. The van der Waals surface area contributed by atoms with Crippen LogP contribution in [0, 0.1) is 25.2 Å². The van der Waals surface area contributed by atoms with E-state index in [-0.39, 0.29) is 40.4 Å². The maximum atomic E-state index is 12.4. The number of halogens is 2. The highest BCUT2D eigenvalue weighted by Crippen LogP contribution is 2.35. The van der Waals surface area contributed by atoms with Crippen LogP contribution in [-0.4, -0.2) is 18.4 Å². The maximum Gasteiger partial charge on any atom is 0.262 e. The summed E-state index contributed by atoms with van der Waals surface area (Å²) in [7, 11) is 0. The molecule has 0 saturated heterocycles. The minimum absolute atomic E-state index is 0.102. The number of anilines is 1. The molecule has 0 bridgehead atoms. The first-order valence-corrected chi connectivity index (χ1v) is 11.4. The molecule has 3 aromatic rings. The lowest BCUT2D eigenvalue weighted by atomic mass is 10.1. The number of ether oxygens (including phenoxy) is 1. The minimum Gasteiger partial charge on any atom is -0.481 e. The van der Waals surface area contributed by atoms with Crippen LogP contribution in [-0.2, 0) is 16.1 Å². The lowest BCUT2D eigenvalue weighted by Crippen LogP contribution is -2.23. The first-order chi connectivity index (χ1) is 16.8. The average molecular weight is 508 g/mol. The van der Waals surface area contributed by atoms with Gasteiger partial charge in [-0.05, 0) is 60.4 Å². The molecule has 2 N–H and O–H groups in total. The number of nitrogens with zero attached hydrogens (tertiary/aromatic N) is 1. The summed E-state index contributed by atoms with van der Waals surface area (Å²) in [5.74, 6) is -0.752. The number of hydrogen-bond donors (Lipinski definition) is 2. The van der Waals surface area contributed by atoms with Crippen molar-refractivity contribution >= 4 is 46.8 Å². The van der Waals surface area contributed by atoms with Crippen LogP contribution in [0.5, 0.6) is 5.75 Å². The van der Waals surface area contributed by atoms with Crippen LogP contribution in [0.2, 0.25) is 10.0 Å². The summed E-state index contributed by atoms with van der Waals surface area (Å²) in [4.78, 5) is 24.8. The van der Waals surface area contributed by atoms with Gasteiger partial charge in [-0.25, -0.2) is 0 Å². The molecule has 178 valence electrons. The normalized spacial score (nSPS) is 10.9. The zero-order chi connectivity index (χ0) is 25.4. The van der Waals surface area contributed by atoms with E-state index in [1.807, 2.05) is 68.4 Å². The van der Waals surface area contributed by atoms with Crippen LogP contribution in [0.1, 0.15) is 22.3 Å². The first kappa shape index (κ1) is 25.8.